The first kappa shape index (κ1) is 10.8. The second-order valence-electron chi connectivity index (χ2n) is 3.47. The molecule has 0 bridgehead atoms. The fourth-order valence-electron chi connectivity index (χ4n) is 1.20. The van der Waals surface area contributed by atoms with Crippen molar-refractivity contribution in [3.8, 4) is 0 Å². The van der Waals surface area contributed by atoms with Gasteiger partial charge in [-0.25, -0.2) is 0 Å². The van der Waals surface area contributed by atoms with E-state index in [4.69, 9.17) is 10.2 Å². The van der Waals surface area contributed by atoms with Gasteiger partial charge >= 0.3 is 12.0 Å². The molecule has 1 rings (SSSR count). The molecule has 0 fully saturated rings. The van der Waals surface area contributed by atoms with Crippen LogP contribution in [0.5, 0.6) is 0 Å². The van der Waals surface area contributed by atoms with Gasteiger partial charge in [0.25, 0.3) is 0 Å². The van der Waals surface area contributed by atoms with Crippen molar-refractivity contribution in [1.82, 2.24) is 10.2 Å². The fraction of sp³-hybridized carbons (Fsp3) is 0.778. The first-order valence-electron chi connectivity index (χ1n) is 5.01. The molecule has 0 radical (unpaired) electrons. The maximum Gasteiger partial charge on any atom is 0.319 e. The van der Waals surface area contributed by atoms with Crippen LogP contribution in [-0.2, 0) is 0 Å². The number of nitrogens with zero attached hydrogens (tertiary/aromatic N) is 3. The second-order valence-corrected chi connectivity index (χ2v) is 3.47. The number of anilines is 2. The maximum absolute atomic E-state index is 5.37. The van der Waals surface area contributed by atoms with E-state index >= 15 is 0 Å². The molecule has 5 heteroatoms. The molecule has 0 saturated carbocycles. The molecule has 0 amide bonds. The van der Waals surface area contributed by atoms with Gasteiger partial charge in [0.05, 0.1) is 0 Å². The third kappa shape index (κ3) is 2.61. The van der Waals surface area contributed by atoms with E-state index in [0.717, 1.165) is 19.5 Å². The summed E-state index contributed by atoms with van der Waals surface area (Å²) in [5.74, 6) is 0.614. The smallest absolute Gasteiger partial charge is 0.319 e. The Balaban J connectivity index is 2.62. The fourth-order valence-corrected chi connectivity index (χ4v) is 1.20. The van der Waals surface area contributed by atoms with Crippen LogP contribution >= 0.6 is 0 Å². The van der Waals surface area contributed by atoms with Crippen LogP contribution in [0, 0.1) is 5.92 Å². The van der Waals surface area contributed by atoms with Crippen LogP contribution < -0.4 is 10.6 Å². The van der Waals surface area contributed by atoms with Gasteiger partial charge in [-0.1, -0.05) is 30.5 Å². The number of hydrogen-bond donors (Lipinski definition) is 1. The summed E-state index contributed by atoms with van der Waals surface area (Å²) in [6.45, 7) is 8.20. The lowest BCUT2D eigenvalue weighted by Gasteiger charge is -2.21. The predicted octanol–water partition coefficient (Wildman–Crippen LogP) is 1.52. The molecule has 0 aliphatic heterocycles. The first-order valence-corrected chi connectivity index (χ1v) is 5.01. The summed E-state index contributed by atoms with van der Waals surface area (Å²) in [6.07, 6.45) is 1.14. The molecule has 0 saturated heterocycles. The Morgan fingerprint density at radius 1 is 1.43 bits per heavy atom. The lowest BCUT2D eigenvalue weighted by Crippen LogP contribution is -2.28. The highest BCUT2D eigenvalue weighted by atomic mass is 16.4. The van der Waals surface area contributed by atoms with Crippen molar-refractivity contribution in [3.05, 3.63) is 0 Å². The molecule has 1 aromatic heterocycles. The van der Waals surface area contributed by atoms with E-state index in [1.807, 2.05) is 4.90 Å². The van der Waals surface area contributed by atoms with Gasteiger partial charge in [0.2, 0.25) is 0 Å². The Morgan fingerprint density at radius 2 is 2.14 bits per heavy atom. The normalized spacial score (nSPS) is 12.8. The average molecular weight is 198 g/mol. The molecule has 5 nitrogen and oxygen atoms in total. The quantitative estimate of drug-likeness (QED) is 0.777. The van der Waals surface area contributed by atoms with Crippen LogP contribution in [0.2, 0.25) is 0 Å². The van der Waals surface area contributed by atoms with Crippen molar-refractivity contribution in [1.29, 1.82) is 0 Å². The van der Waals surface area contributed by atoms with Crippen molar-refractivity contribution >= 4 is 12.0 Å². The monoisotopic (exact) mass is 198 g/mol. The van der Waals surface area contributed by atoms with E-state index in [2.05, 4.69) is 31.0 Å². The van der Waals surface area contributed by atoms with Crippen molar-refractivity contribution in [2.24, 2.45) is 5.92 Å². The SMILES string of the molecule is CCC(C)CN(CC)c1nnc(N)o1. The van der Waals surface area contributed by atoms with E-state index in [-0.39, 0.29) is 6.01 Å². The van der Waals surface area contributed by atoms with E-state index < -0.39 is 0 Å². The summed E-state index contributed by atoms with van der Waals surface area (Å²) in [6, 6.07) is 0.646. The Kier molecular flexibility index (Phi) is 3.73. The zero-order chi connectivity index (χ0) is 10.6. The van der Waals surface area contributed by atoms with Crippen LogP contribution in [0.3, 0.4) is 0 Å². The number of nitrogens with two attached hydrogens (primary N) is 1. The Labute approximate surface area is 84.3 Å². The minimum absolute atomic E-state index is 0.127. The van der Waals surface area contributed by atoms with Crippen LogP contribution in [0.15, 0.2) is 4.42 Å². The van der Waals surface area contributed by atoms with E-state index in [0.29, 0.717) is 11.9 Å². The average Bonchev–Trinajstić information content (AvgIpc) is 2.60. The summed E-state index contributed by atoms with van der Waals surface area (Å²) < 4.78 is 5.16. The topological polar surface area (TPSA) is 68.2 Å². The zero-order valence-electron chi connectivity index (χ0n) is 9.03. The summed E-state index contributed by atoms with van der Waals surface area (Å²) in [5, 5.41) is 7.50. The third-order valence-corrected chi connectivity index (χ3v) is 2.31. The summed E-state index contributed by atoms with van der Waals surface area (Å²) >= 11 is 0. The minimum Gasteiger partial charge on any atom is -0.390 e. The highest BCUT2D eigenvalue weighted by Gasteiger charge is 2.13. The van der Waals surface area contributed by atoms with E-state index in [1.54, 1.807) is 0 Å². The molecule has 0 aliphatic carbocycles. The van der Waals surface area contributed by atoms with Crippen molar-refractivity contribution < 1.29 is 4.42 Å². The van der Waals surface area contributed by atoms with Gasteiger partial charge in [-0.05, 0) is 12.8 Å². The number of rotatable bonds is 5. The van der Waals surface area contributed by atoms with Crippen LogP contribution in [0.25, 0.3) is 0 Å². The van der Waals surface area contributed by atoms with E-state index in [9.17, 15) is 0 Å². The zero-order valence-corrected chi connectivity index (χ0v) is 9.03. The molecule has 80 valence electrons. The highest BCUT2D eigenvalue weighted by Crippen LogP contribution is 2.15. The molecule has 14 heavy (non-hydrogen) atoms. The highest BCUT2D eigenvalue weighted by molar-refractivity contribution is 5.27. The third-order valence-electron chi connectivity index (χ3n) is 2.31. The number of nitrogen functional groups attached to an aromatic ring is 1. The molecule has 1 aromatic rings. The molecule has 1 atom stereocenters. The van der Waals surface area contributed by atoms with Gasteiger partial charge in [-0.2, -0.15) is 0 Å². The lowest BCUT2D eigenvalue weighted by molar-refractivity contribution is 0.497. The number of aromatic nitrogens is 2. The summed E-state index contributed by atoms with van der Waals surface area (Å²) in [7, 11) is 0. The Hall–Kier alpha value is -1.26. The largest absolute Gasteiger partial charge is 0.390 e. The van der Waals surface area contributed by atoms with Gasteiger partial charge in [0.1, 0.15) is 0 Å². The van der Waals surface area contributed by atoms with Crippen LogP contribution in [0.1, 0.15) is 27.2 Å². The van der Waals surface area contributed by atoms with Gasteiger partial charge in [-0.3, -0.25) is 0 Å². The Bertz CT molecular complexity index is 274. The second kappa shape index (κ2) is 4.83. The minimum atomic E-state index is 0.127. The molecule has 2 N–H and O–H groups in total. The molecule has 1 heterocycles. The first-order chi connectivity index (χ1) is 6.67. The van der Waals surface area contributed by atoms with Crippen molar-refractivity contribution in [2.45, 2.75) is 27.2 Å². The van der Waals surface area contributed by atoms with Gasteiger partial charge < -0.3 is 15.1 Å². The molecule has 0 aromatic carbocycles. The van der Waals surface area contributed by atoms with Crippen molar-refractivity contribution in [3.63, 3.8) is 0 Å². The van der Waals surface area contributed by atoms with Crippen molar-refractivity contribution in [2.75, 3.05) is 23.7 Å². The van der Waals surface area contributed by atoms with Gasteiger partial charge in [-0.15, -0.1) is 0 Å². The molecular weight excluding hydrogens is 180 g/mol. The Morgan fingerprint density at radius 3 is 2.57 bits per heavy atom. The summed E-state index contributed by atoms with van der Waals surface area (Å²) in [4.78, 5) is 2.04. The number of hydrogen-bond acceptors (Lipinski definition) is 5. The van der Waals surface area contributed by atoms with Crippen LogP contribution in [-0.4, -0.2) is 23.3 Å². The molecular formula is C9H18N4O. The lowest BCUT2D eigenvalue weighted by atomic mass is 10.1. The van der Waals surface area contributed by atoms with Gasteiger partial charge in [0, 0.05) is 13.1 Å². The van der Waals surface area contributed by atoms with Crippen LogP contribution in [0.4, 0.5) is 12.0 Å². The molecule has 0 spiro atoms. The van der Waals surface area contributed by atoms with Gasteiger partial charge in [0.15, 0.2) is 0 Å². The summed E-state index contributed by atoms with van der Waals surface area (Å²) in [5.41, 5.74) is 5.37. The predicted molar refractivity (Wildman–Crippen MR) is 56.1 cm³/mol. The maximum atomic E-state index is 5.37. The molecule has 0 aliphatic rings. The van der Waals surface area contributed by atoms with E-state index in [1.165, 1.54) is 0 Å². The standard InChI is InChI=1S/C9H18N4O/c1-4-7(3)6-13(5-2)9-12-11-8(10)14-9/h7H,4-6H2,1-3H3,(H2,10,11). The molecule has 1 unspecified atom stereocenters.